The molecule has 1 fully saturated rings. The normalized spacial score (nSPS) is 16.5. The number of hydrogen-bond acceptors (Lipinski definition) is 1. The highest BCUT2D eigenvalue weighted by molar-refractivity contribution is 6.31. The van der Waals surface area contributed by atoms with Gasteiger partial charge in [-0.1, -0.05) is 29.3 Å². The third-order valence-electron chi connectivity index (χ3n) is 4.86. The average Bonchev–Trinajstić information content (AvgIpc) is 2.86. The highest BCUT2D eigenvalue weighted by Gasteiger charge is 2.35. The Morgan fingerprint density at radius 1 is 1.17 bits per heavy atom. The fraction of sp³-hybridized carbons (Fsp3) is 0.278. The number of rotatable bonds is 2. The van der Waals surface area contributed by atoms with Crippen LogP contribution in [-0.4, -0.2) is 9.55 Å². The third-order valence-corrected chi connectivity index (χ3v) is 5.38. The fourth-order valence-corrected chi connectivity index (χ4v) is 3.57. The SMILES string of the molecule is CC1(n2cc(-c3ccc(Cl)c(F)c3)c3ccc(Cl)nc32)CCC1. The van der Waals surface area contributed by atoms with Crippen LogP contribution >= 0.6 is 23.2 Å². The number of fused-ring (bicyclic) bond motifs is 1. The molecule has 0 radical (unpaired) electrons. The summed E-state index contributed by atoms with van der Waals surface area (Å²) in [6.45, 7) is 2.23. The third kappa shape index (κ3) is 2.34. The first-order valence-electron chi connectivity index (χ1n) is 7.61. The summed E-state index contributed by atoms with van der Waals surface area (Å²) in [5.41, 5.74) is 2.65. The van der Waals surface area contributed by atoms with Gasteiger partial charge < -0.3 is 4.57 Å². The van der Waals surface area contributed by atoms with Crippen LogP contribution in [0.1, 0.15) is 26.2 Å². The second-order valence-electron chi connectivity index (χ2n) is 6.40. The fourth-order valence-electron chi connectivity index (χ4n) is 3.31. The van der Waals surface area contributed by atoms with E-state index >= 15 is 0 Å². The number of hydrogen-bond donors (Lipinski definition) is 0. The van der Waals surface area contributed by atoms with Crippen LogP contribution in [0.5, 0.6) is 0 Å². The molecule has 0 spiro atoms. The van der Waals surface area contributed by atoms with Gasteiger partial charge in [0.05, 0.1) is 5.02 Å². The average molecular weight is 349 g/mol. The van der Waals surface area contributed by atoms with Gasteiger partial charge in [-0.25, -0.2) is 9.37 Å². The second kappa shape index (κ2) is 5.22. The van der Waals surface area contributed by atoms with Gasteiger partial charge >= 0.3 is 0 Å². The summed E-state index contributed by atoms with van der Waals surface area (Å²) in [6.07, 6.45) is 5.50. The van der Waals surface area contributed by atoms with Crippen LogP contribution in [0.25, 0.3) is 22.2 Å². The van der Waals surface area contributed by atoms with Gasteiger partial charge in [-0.15, -0.1) is 0 Å². The van der Waals surface area contributed by atoms with E-state index in [1.165, 1.54) is 12.5 Å². The van der Waals surface area contributed by atoms with E-state index < -0.39 is 5.82 Å². The Bertz CT molecular complexity index is 913. The Kier molecular flexibility index (Phi) is 3.40. The summed E-state index contributed by atoms with van der Waals surface area (Å²) >= 11 is 11.9. The van der Waals surface area contributed by atoms with Crippen molar-refractivity contribution in [2.24, 2.45) is 0 Å². The molecule has 5 heteroatoms. The van der Waals surface area contributed by atoms with Crippen LogP contribution in [0.4, 0.5) is 4.39 Å². The maximum atomic E-state index is 13.9. The first kappa shape index (κ1) is 15.0. The van der Waals surface area contributed by atoms with Crippen molar-refractivity contribution in [3.05, 3.63) is 52.5 Å². The molecule has 0 aliphatic heterocycles. The highest BCUT2D eigenvalue weighted by atomic mass is 35.5. The van der Waals surface area contributed by atoms with Crippen molar-refractivity contribution in [1.29, 1.82) is 0 Å². The lowest BCUT2D eigenvalue weighted by Gasteiger charge is -2.40. The van der Waals surface area contributed by atoms with Crippen LogP contribution in [-0.2, 0) is 5.54 Å². The van der Waals surface area contributed by atoms with Gasteiger partial charge in [-0.3, -0.25) is 0 Å². The van der Waals surface area contributed by atoms with Crippen molar-refractivity contribution in [2.45, 2.75) is 31.7 Å². The van der Waals surface area contributed by atoms with E-state index in [2.05, 4.69) is 22.7 Å². The summed E-state index contributed by atoms with van der Waals surface area (Å²) in [6, 6.07) is 8.61. The number of pyridine rings is 1. The van der Waals surface area contributed by atoms with E-state index in [4.69, 9.17) is 23.2 Å². The zero-order valence-electron chi connectivity index (χ0n) is 12.6. The molecule has 0 bridgehead atoms. The minimum atomic E-state index is -0.415. The highest BCUT2D eigenvalue weighted by Crippen LogP contribution is 2.43. The largest absolute Gasteiger partial charge is 0.326 e. The molecule has 1 saturated carbocycles. The first-order chi connectivity index (χ1) is 11.0. The predicted octanol–water partition coefficient (Wildman–Crippen LogP) is 6.05. The smallest absolute Gasteiger partial charge is 0.142 e. The van der Waals surface area contributed by atoms with E-state index in [-0.39, 0.29) is 10.6 Å². The van der Waals surface area contributed by atoms with E-state index in [0.29, 0.717) is 5.15 Å². The zero-order chi connectivity index (χ0) is 16.2. The lowest BCUT2D eigenvalue weighted by Crippen LogP contribution is -2.36. The minimum absolute atomic E-state index is 0.0547. The van der Waals surface area contributed by atoms with Crippen molar-refractivity contribution >= 4 is 34.2 Å². The summed E-state index contributed by atoms with van der Waals surface area (Å²) in [5, 5.41) is 1.57. The van der Waals surface area contributed by atoms with Gasteiger partial charge in [0.25, 0.3) is 0 Å². The van der Waals surface area contributed by atoms with E-state index in [1.54, 1.807) is 12.1 Å². The molecular weight excluding hydrogens is 334 g/mol. The molecule has 4 rings (SSSR count). The Labute approximate surface area is 143 Å². The van der Waals surface area contributed by atoms with Crippen LogP contribution in [0.3, 0.4) is 0 Å². The number of halogens is 3. The first-order valence-corrected chi connectivity index (χ1v) is 8.37. The van der Waals surface area contributed by atoms with Crippen molar-refractivity contribution in [1.82, 2.24) is 9.55 Å². The number of aromatic nitrogens is 2. The summed E-state index contributed by atoms with van der Waals surface area (Å²) < 4.78 is 16.1. The second-order valence-corrected chi connectivity index (χ2v) is 7.19. The van der Waals surface area contributed by atoms with Crippen molar-refractivity contribution in [2.75, 3.05) is 0 Å². The quantitative estimate of drug-likeness (QED) is 0.515. The van der Waals surface area contributed by atoms with Crippen LogP contribution in [0.2, 0.25) is 10.2 Å². The Morgan fingerprint density at radius 3 is 2.61 bits per heavy atom. The molecular formula is C18H15Cl2FN2. The van der Waals surface area contributed by atoms with E-state index in [0.717, 1.165) is 35.0 Å². The monoisotopic (exact) mass is 348 g/mol. The van der Waals surface area contributed by atoms with E-state index in [9.17, 15) is 4.39 Å². The van der Waals surface area contributed by atoms with Gasteiger partial charge in [0.2, 0.25) is 0 Å². The predicted molar refractivity (Wildman–Crippen MR) is 92.6 cm³/mol. The maximum absolute atomic E-state index is 13.9. The Balaban J connectivity index is 1.98. The molecule has 1 aliphatic carbocycles. The lowest BCUT2D eigenvalue weighted by atomic mass is 9.78. The Morgan fingerprint density at radius 2 is 1.96 bits per heavy atom. The molecule has 0 N–H and O–H groups in total. The molecule has 0 unspecified atom stereocenters. The maximum Gasteiger partial charge on any atom is 0.142 e. The summed E-state index contributed by atoms with van der Waals surface area (Å²) in [7, 11) is 0. The molecule has 0 amide bonds. The van der Waals surface area contributed by atoms with Crippen LogP contribution in [0, 0.1) is 5.82 Å². The topological polar surface area (TPSA) is 17.8 Å². The molecule has 1 aliphatic rings. The number of nitrogens with zero attached hydrogens (tertiary/aromatic N) is 2. The minimum Gasteiger partial charge on any atom is -0.326 e. The van der Waals surface area contributed by atoms with E-state index in [1.807, 2.05) is 12.1 Å². The molecule has 23 heavy (non-hydrogen) atoms. The van der Waals surface area contributed by atoms with Gasteiger partial charge in [0, 0.05) is 22.7 Å². The van der Waals surface area contributed by atoms with Crippen molar-refractivity contribution < 1.29 is 4.39 Å². The Hall–Kier alpha value is -1.58. The van der Waals surface area contributed by atoms with Gasteiger partial charge in [0.1, 0.15) is 16.6 Å². The van der Waals surface area contributed by atoms with Gasteiger partial charge in [0.15, 0.2) is 0 Å². The van der Waals surface area contributed by atoms with Crippen molar-refractivity contribution in [3.63, 3.8) is 0 Å². The molecule has 2 aromatic heterocycles. The summed E-state index contributed by atoms with van der Waals surface area (Å²) in [5.74, 6) is -0.415. The zero-order valence-corrected chi connectivity index (χ0v) is 14.1. The molecule has 2 heterocycles. The van der Waals surface area contributed by atoms with Gasteiger partial charge in [-0.05, 0) is 56.0 Å². The van der Waals surface area contributed by atoms with Gasteiger partial charge in [-0.2, -0.15) is 0 Å². The van der Waals surface area contributed by atoms with Crippen molar-refractivity contribution in [3.8, 4) is 11.1 Å². The molecule has 3 aromatic rings. The molecule has 0 saturated heterocycles. The molecule has 1 aromatic carbocycles. The molecule has 118 valence electrons. The standard InChI is InChI=1S/C18H15Cl2FN2/c1-18(7-2-8-18)23-10-13(11-3-5-14(19)15(21)9-11)12-4-6-16(20)22-17(12)23/h3-6,9-10H,2,7-8H2,1H3. The van der Waals surface area contributed by atoms with Crippen LogP contribution < -0.4 is 0 Å². The lowest BCUT2D eigenvalue weighted by molar-refractivity contribution is 0.174. The van der Waals surface area contributed by atoms with Crippen LogP contribution in [0.15, 0.2) is 36.5 Å². The molecule has 2 nitrogen and oxygen atoms in total. The summed E-state index contributed by atoms with van der Waals surface area (Å²) in [4.78, 5) is 4.52. The molecule has 0 atom stereocenters. The number of benzene rings is 1.